The van der Waals surface area contributed by atoms with Gasteiger partial charge in [-0.05, 0) is 64.3 Å². The standard InChI is InChI=1S/C20H26N2O3/c1-5-6-7-10-18(23)21-16-11-12-17-15(14-16)9-8-13-22(17)19(24)25-20(2,3)4/h5-7,10-12,14H,8-9,13H2,1-4H3,(H,21,23). The number of fused-ring (bicyclic) bond motifs is 1. The minimum atomic E-state index is -0.526. The van der Waals surface area contributed by atoms with Crippen LogP contribution < -0.4 is 10.2 Å². The van der Waals surface area contributed by atoms with Crippen LogP contribution in [0.1, 0.15) is 39.7 Å². The number of nitrogens with one attached hydrogen (secondary N) is 1. The molecule has 0 spiro atoms. The zero-order valence-electron chi connectivity index (χ0n) is 15.3. The Hall–Kier alpha value is -2.56. The maximum atomic E-state index is 12.4. The number of rotatable bonds is 3. The lowest BCUT2D eigenvalue weighted by atomic mass is 10.0. The van der Waals surface area contributed by atoms with E-state index >= 15 is 0 Å². The van der Waals surface area contributed by atoms with Crippen LogP contribution in [0.5, 0.6) is 0 Å². The highest BCUT2D eigenvalue weighted by Crippen LogP contribution is 2.30. The van der Waals surface area contributed by atoms with Crippen LogP contribution in [-0.4, -0.2) is 24.1 Å². The number of amides is 2. The van der Waals surface area contributed by atoms with E-state index in [0.717, 1.165) is 29.8 Å². The summed E-state index contributed by atoms with van der Waals surface area (Å²) in [5, 5.41) is 2.84. The molecule has 0 saturated heterocycles. The van der Waals surface area contributed by atoms with Crippen LogP contribution in [-0.2, 0) is 16.0 Å². The zero-order valence-corrected chi connectivity index (χ0v) is 15.3. The monoisotopic (exact) mass is 342 g/mol. The highest BCUT2D eigenvalue weighted by atomic mass is 16.6. The Kier molecular flexibility index (Phi) is 6.02. The molecule has 0 saturated carbocycles. The van der Waals surface area contributed by atoms with Crippen LogP contribution >= 0.6 is 0 Å². The van der Waals surface area contributed by atoms with Crippen LogP contribution in [0.15, 0.2) is 42.5 Å². The lowest BCUT2D eigenvalue weighted by Gasteiger charge is -2.32. The SMILES string of the molecule is CC=CC=CC(=O)Nc1ccc2c(c1)CCCN2C(=O)OC(C)(C)C. The topological polar surface area (TPSA) is 58.6 Å². The van der Waals surface area contributed by atoms with E-state index in [1.165, 1.54) is 6.08 Å². The largest absolute Gasteiger partial charge is 0.443 e. The summed E-state index contributed by atoms with van der Waals surface area (Å²) in [7, 11) is 0. The second-order valence-electron chi connectivity index (χ2n) is 6.95. The van der Waals surface area contributed by atoms with E-state index in [0.29, 0.717) is 6.54 Å². The van der Waals surface area contributed by atoms with Crippen molar-refractivity contribution in [3.63, 3.8) is 0 Å². The maximum absolute atomic E-state index is 12.4. The Labute approximate surface area is 149 Å². The van der Waals surface area contributed by atoms with Gasteiger partial charge in [-0.15, -0.1) is 0 Å². The van der Waals surface area contributed by atoms with Crippen molar-refractivity contribution in [3.05, 3.63) is 48.1 Å². The second kappa shape index (κ2) is 8.01. The van der Waals surface area contributed by atoms with E-state index in [9.17, 15) is 9.59 Å². The molecule has 0 atom stereocenters. The first-order valence-electron chi connectivity index (χ1n) is 8.54. The third-order valence-corrected chi connectivity index (χ3v) is 3.63. The van der Waals surface area contributed by atoms with E-state index in [-0.39, 0.29) is 12.0 Å². The van der Waals surface area contributed by atoms with Gasteiger partial charge in [0.1, 0.15) is 5.60 Å². The van der Waals surface area contributed by atoms with Crippen molar-refractivity contribution < 1.29 is 14.3 Å². The molecule has 0 bridgehead atoms. The molecule has 0 aliphatic carbocycles. The third kappa shape index (κ3) is 5.48. The zero-order chi connectivity index (χ0) is 18.4. The first-order chi connectivity index (χ1) is 11.8. The molecule has 1 aliphatic heterocycles. The summed E-state index contributed by atoms with van der Waals surface area (Å²) < 4.78 is 5.49. The minimum absolute atomic E-state index is 0.183. The van der Waals surface area contributed by atoms with Gasteiger partial charge in [0, 0.05) is 18.3 Å². The molecule has 1 aromatic carbocycles. The van der Waals surface area contributed by atoms with Crippen molar-refractivity contribution in [2.75, 3.05) is 16.8 Å². The predicted molar refractivity (Wildman–Crippen MR) is 101 cm³/mol. The highest BCUT2D eigenvalue weighted by Gasteiger charge is 2.27. The summed E-state index contributed by atoms with van der Waals surface area (Å²) in [6.07, 6.45) is 8.22. The first-order valence-corrected chi connectivity index (χ1v) is 8.54. The molecular weight excluding hydrogens is 316 g/mol. The van der Waals surface area contributed by atoms with E-state index in [1.807, 2.05) is 52.0 Å². The molecule has 0 fully saturated rings. The lowest BCUT2D eigenvalue weighted by molar-refractivity contribution is -0.111. The van der Waals surface area contributed by atoms with Gasteiger partial charge in [-0.3, -0.25) is 9.69 Å². The average molecular weight is 342 g/mol. The first kappa shape index (κ1) is 18.8. The number of allylic oxidation sites excluding steroid dienone is 3. The highest BCUT2D eigenvalue weighted by molar-refractivity contribution is 6.00. The van der Waals surface area contributed by atoms with Crippen LogP contribution in [0.3, 0.4) is 0 Å². The van der Waals surface area contributed by atoms with E-state index in [4.69, 9.17) is 4.74 Å². The fraction of sp³-hybridized carbons (Fsp3) is 0.400. The predicted octanol–water partition coefficient (Wildman–Crippen LogP) is 4.45. The molecule has 25 heavy (non-hydrogen) atoms. The molecule has 1 aromatic rings. The number of nitrogens with zero attached hydrogens (tertiary/aromatic N) is 1. The number of hydrogen-bond acceptors (Lipinski definition) is 3. The van der Waals surface area contributed by atoms with Gasteiger partial charge >= 0.3 is 6.09 Å². The van der Waals surface area contributed by atoms with Crippen LogP contribution in [0.4, 0.5) is 16.2 Å². The summed E-state index contributed by atoms with van der Waals surface area (Å²) in [4.78, 5) is 25.9. The molecule has 2 rings (SSSR count). The van der Waals surface area contributed by atoms with E-state index in [1.54, 1.807) is 17.1 Å². The molecule has 0 aromatic heterocycles. The summed E-state index contributed by atoms with van der Waals surface area (Å²) in [5.74, 6) is -0.183. The smallest absolute Gasteiger partial charge is 0.414 e. The minimum Gasteiger partial charge on any atom is -0.443 e. The number of carbonyl (C=O) groups is 2. The fourth-order valence-electron chi connectivity index (χ4n) is 2.62. The van der Waals surface area contributed by atoms with Crippen molar-refractivity contribution in [2.45, 2.75) is 46.1 Å². The lowest BCUT2D eigenvalue weighted by Crippen LogP contribution is -2.39. The second-order valence-corrected chi connectivity index (χ2v) is 6.95. The van der Waals surface area contributed by atoms with Gasteiger partial charge in [0.05, 0.1) is 5.69 Å². The molecule has 1 aliphatic rings. The van der Waals surface area contributed by atoms with E-state index < -0.39 is 5.60 Å². The molecule has 1 N–H and O–H groups in total. The summed E-state index contributed by atoms with van der Waals surface area (Å²) >= 11 is 0. The Morgan fingerprint density at radius 1 is 1.24 bits per heavy atom. The number of hydrogen-bond donors (Lipinski definition) is 1. The number of ether oxygens (including phenoxy) is 1. The molecule has 2 amide bonds. The molecule has 5 nitrogen and oxygen atoms in total. The van der Waals surface area contributed by atoms with Gasteiger partial charge in [0.25, 0.3) is 0 Å². The fourth-order valence-corrected chi connectivity index (χ4v) is 2.62. The molecule has 5 heteroatoms. The van der Waals surface area contributed by atoms with Gasteiger partial charge in [0.2, 0.25) is 5.91 Å². The average Bonchev–Trinajstić information content (AvgIpc) is 2.52. The Morgan fingerprint density at radius 3 is 2.68 bits per heavy atom. The van der Waals surface area contributed by atoms with Gasteiger partial charge in [-0.1, -0.05) is 18.2 Å². The number of carbonyl (C=O) groups excluding carboxylic acids is 2. The van der Waals surface area contributed by atoms with Crippen molar-refractivity contribution in [3.8, 4) is 0 Å². The van der Waals surface area contributed by atoms with Gasteiger partial charge in [-0.25, -0.2) is 4.79 Å². The van der Waals surface area contributed by atoms with Crippen LogP contribution in [0.25, 0.3) is 0 Å². The maximum Gasteiger partial charge on any atom is 0.414 e. The Balaban J connectivity index is 2.14. The summed E-state index contributed by atoms with van der Waals surface area (Å²) in [6, 6.07) is 5.60. The molecule has 0 radical (unpaired) electrons. The van der Waals surface area contributed by atoms with E-state index in [2.05, 4.69) is 5.32 Å². The number of benzene rings is 1. The number of aryl methyl sites for hydroxylation is 1. The van der Waals surface area contributed by atoms with Gasteiger partial charge in [-0.2, -0.15) is 0 Å². The van der Waals surface area contributed by atoms with Crippen molar-refractivity contribution in [1.29, 1.82) is 0 Å². The number of anilines is 2. The van der Waals surface area contributed by atoms with Crippen molar-refractivity contribution in [2.24, 2.45) is 0 Å². The normalized spacial score (nSPS) is 14.6. The van der Waals surface area contributed by atoms with Crippen LogP contribution in [0, 0.1) is 0 Å². The van der Waals surface area contributed by atoms with Gasteiger partial charge < -0.3 is 10.1 Å². The van der Waals surface area contributed by atoms with Crippen molar-refractivity contribution in [1.82, 2.24) is 0 Å². The van der Waals surface area contributed by atoms with Crippen LogP contribution in [0.2, 0.25) is 0 Å². The third-order valence-electron chi connectivity index (χ3n) is 3.63. The summed E-state index contributed by atoms with van der Waals surface area (Å²) in [5.41, 5.74) is 2.08. The molecule has 134 valence electrons. The van der Waals surface area contributed by atoms with Crippen molar-refractivity contribution >= 4 is 23.4 Å². The molecular formula is C20H26N2O3. The summed E-state index contributed by atoms with van der Waals surface area (Å²) in [6.45, 7) is 8.10. The Morgan fingerprint density at radius 2 is 2.00 bits per heavy atom. The molecule has 1 heterocycles. The quantitative estimate of drug-likeness (QED) is 0.652. The van der Waals surface area contributed by atoms with Gasteiger partial charge in [0.15, 0.2) is 0 Å². The Bertz CT molecular complexity index is 699. The molecule has 0 unspecified atom stereocenters.